The summed E-state index contributed by atoms with van der Waals surface area (Å²) in [6.45, 7) is 9.09. The van der Waals surface area contributed by atoms with E-state index in [4.69, 9.17) is 14.2 Å². The minimum absolute atomic E-state index is 0.0612. The highest BCUT2D eigenvalue weighted by atomic mass is 16.6. The van der Waals surface area contributed by atoms with Crippen LogP contribution >= 0.6 is 0 Å². The molecule has 0 fully saturated rings. The Morgan fingerprint density at radius 2 is 0.471 bits per heavy atom. The fraction of sp³-hybridized carbons (Fsp3) is 0.953. The molecule has 70 heavy (non-hydrogen) atoms. The predicted octanol–water partition coefficient (Wildman–Crippen LogP) is 21.4. The number of esters is 3. The molecular weight excluding hydrogens is 865 g/mol. The van der Waals surface area contributed by atoms with Crippen molar-refractivity contribution in [3.63, 3.8) is 0 Å². The van der Waals surface area contributed by atoms with Gasteiger partial charge in [-0.25, -0.2) is 0 Å². The summed E-state index contributed by atoms with van der Waals surface area (Å²) in [6, 6.07) is 0. The molecule has 0 aliphatic heterocycles. The topological polar surface area (TPSA) is 78.9 Å². The zero-order chi connectivity index (χ0) is 50.9. The SMILES string of the molecule is CCCCCCCCCCCCCCCCCCCCCC(=O)O[C@@H](COC(=O)CCCCCCCCCCCCCCCCCC)COC(=O)CCCCCCCCCCCCCCCCC(C)C. The third-order valence-electron chi connectivity index (χ3n) is 14.8. The summed E-state index contributed by atoms with van der Waals surface area (Å²) in [5.74, 6) is 0.0173. The van der Waals surface area contributed by atoms with E-state index in [1.165, 1.54) is 263 Å². The molecular formula is C64H124O6. The number of hydrogen-bond acceptors (Lipinski definition) is 6. The van der Waals surface area contributed by atoms with Gasteiger partial charge in [-0.05, 0) is 25.2 Å². The van der Waals surface area contributed by atoms with Gasteiger partial charge in [0.15, 0.2) is 6.10 Å². The van der Waals surface area contributed by atoms with Crippen LogP contribution < -0.4 is 0 Å². The molecule has 0 aromatic rings. The standard InChI is InChI=1S/C64H124O6/c1-5-7-9-11-13-15-17-19-21-23-24-25-27-33-37-41-45-49-53-57-64(67)70-61(58-68-62(65)55-51-47-43-39-35-31-26-22-20-18-16-14-12-10-8-6-2)59-69-63(66)56-52-48-44-40-36-32-29-28-30-34-38-42-46-50-54-60(3)4/h60-61H,5-59H2,1-4H3/t61-/m0/s1. The Morgan fingerprint density at radius 1 is 0.271 bits per heavy atom. The fourth-order valence-corrected chi connectivity index (χ4v) is 9.99. The smallest absolute Gasteiger partial charge is 0.306 e. The monoisotopic (exact) mass is 989 g/mol. The number of carbonyl (C=O) groups is 3. The lowest BCUT2D eigenvalue weighted by Crippen LogP contribution is -2.30. The first-order valence-electron chi connectivity index (χ1n) is 31.9. The highest BCUT2D eigenvalue weighted by Crippen LogP contribution is 2.19. The Balaban J connectivity index is 4.28. The largest absolute Gasteiger partial charge is 0.462 e. The normalized spacial score (nSPS) is 12.0. The maximum atomic E-state index is 12.9. The zero-order valence-corrected chi connectivity index (χ0v) is 48.0. The van der Waals surface area contributed by atoms with Gasteiger partial charge in [0.05, 0.1) is 0 Å². The molecule has 0 radical (unpaired) electrons. The van der Waals surface area contributed by atoms with E-state index in [1.54, 1.807) is 0 Å². The fourth-order valence-electron chi connectivity index (χ4n) is 9.99. The minimum Gasteiger partial charge on any atom is -0.462 e. The van der Waals surface area contributed by atoms with Crippen molar-refractivity contribution >= 4 is 17.9 Å². The van der Waals surface area contributed by atoms with E-state index in [9.17, 15) is 14.4 Å². The number of carbonyl (C=O) groups excluding carboxylic acids is 3. The Bertz CT molecular complexity index is 1060. The highest BCUT2D eigenvalue weighted by molar-refractivity contribution is 5.71. The lowest BCUT2D eigenvalue weighted by Gasteiger charge is -2.18. The lowest BCUT2D eigenvalue weighted by molar-refractivity contribution is -0.167. The number of ether oxygens (including phenoxy) is 3. The average Bonchev–Trinajstić information content (AvgIpc) is 3.35. The van der Waals surface area contributed by atoms with Gasteiger partial charge in [-0.2, -0.15) is 0 Å². The molecule has 0 amide bonds. The van der Waals surface area contributed by atoms with E-state index in [0.29, 0.717) is 19.3 Å². The van der Waals surface area contributed by atoms with Crippen molar-refractivity contribution in [2.24, 2.45) is 5.92 Å². The molecule has 0 aliphatic carbocycles. The Hall–Kier alpha value is -1.59. The second-order valence-electron chi connectivity index (χ2n) is 22.5. The molecule has 0 aromatic heterocycles. The quantitative estimate of drug-likeness (QED) is 0.0343. The number of hydrogen-bond donors (Lipinski definition) is 0. The van der Waals surface area contributed by atoms with Crippen molar-refractivity contribution in [1.82, 2.24) is 0 Å². The first-order valence-corrected chi connectivity index (χ1v) is 31.9. The summed E-state index contributed by atoms with van der Waals surface area (Å²) in [5, 5.41) is 0. The summed E-state index contributed by atoms with van der Waals surface area (Å²) in [5.41, 5.74) is 0. The van der Waals surface area contributed by atoms with Crippen molar-refractivity contribution in [1.29, 1.82) is 0 Å². The van der Waals surface area contributed by atoms with Crippen molar-refractivity contribution in [2.45, 2.75) is 374 Å². The molecule has 0 saturated carbocycles. The van der Waals surface area contributed by atoms with E-state index in [-0.39, 0.29) is 31.1 Å². The molecule has 6 heteroatoms. The van der Waals surface area contributed by atoms with Gasteiger partial charge in [-0.15, -0.1) is 0 Å². The second kappa shape index (κ2) is 58.3. The van der Waals surface area contributed by atoms with Crippen LogP contribution in [0.15, 0.2) is 0 Å². The molecule has 0 saturated heterocycles. The second-order valence-corrected chi connectivity index (χ2v) is 22.5. The zero-order valence-electron chi connectivity index (χ0n) is 48.0. The molecule has 1 atom stereocenters. The van der Waals surface area contributed by atoms with Gasteiger partial charge < -0.3 is 14.2 Å². The van der Waals surface area contributed by atoms with Gasteiger partial charge in [-0.3, -0.25) is 14.4 Å². The predicted molar refractivity (Wildman–Crippen MR) is 303 cm³/mol. The van der Waals surface area contributed by atoms with Gasteiger partial charge in [0.2, 0.25) is 0 Å². The van der Waals surface area contributed by atoms with Gasteiger partial charge in [-0.1, -0.05) is 329 Å². The molecule has 6 nitrogen and oxygen atoms in total. The third-order valence-corrected chi connectivity index (χ3v) is 14.8. The van der Waals surface area contributed by atoms with Crippen LogP contribution in [0.25, 0.3) is 0 Å². The van der Waals surface area contributed by atoms with Crippen LogP contribution in [0, 0.1) is 5.92 Å². The van der Waals surface area contributed by atoms with Gasteiger partial charge in [0.1, 0.15) is 13.2 Å². The van der Waals surface area contributed by atoms with Crippen molar-refractivity contribution in [2.75, 3.05) is 13.2 Å². The Morgan fingerprint density at radius 3 is 0.700 bits per heavy atom. The molecule has 0 heterocycles. The lowest BCUT2D eigenvalue weighted by atomic mass is 10.0. The summed E-state index contributed by atoms with van der Waals surface area (Å²) in [7, 11) is 0. The van der Waals surface area contributed by atoms with Gasteiger partial charge in [0.25, 0.3) is 0 Å². The summed E-state index contributed by atoms with van der Waals surface area (Å²) in [4.78, 5) is 38.3. The van der Waals surface area contributed by atoms with Crippen molar-refractivity contribution in [3.05, 3.63) is 0 Å². The van der Waals surface area contributed by atoms with Crippen LogP contribution in [0.3, 0.4) is 0 Å². The van der Waals surface area contributed by atoms with Crippen molar-refractivity contribution < 1.29 is 28.6 Å². The highest BCUT2D eigenvalue weighted by Gasteiger charge is 2.19. The molecule has 0 N–H and O–H groups in total. The maximum Gasteiger partial charge on any atom is 0.306 e. The van der Waals surface area contributed by atoms with Gasteiger partial charge in [0, 0.05) is 19.3 Å². The molecule has 0 unspecified atom stereocenters. The maximum absolute atomic E-state index is 12.9. The molecule has 0 rings (SSSR count). The van der Waals surface area contributed by atoms with E-state index >= 15 is 0 Å². The van der Waals surface area contributed by atoms with Crippen LogP contribution in [0.4, 0.5) is 0 Å². The molecule has 0 spiro atoms. The Kier molecular flexibility index (Phi) is 57.0. The number of rotatable bonds is 59. The van der Waals surface area contributed by atoms with Crippen LogP contribution in [0.5, 0.6) is 0 Å². The van der Waals surface area contributed by atoms with Crippen LogP contribution in [-0.2, 0) is 28.6 Å². The number of unbranched alkanes of at least 4 members (excludes halogenated alkanes) is 46. The third kappa shape index (κ3) is 57.3. The Labute approximate surface area is 438 Å². The van der Waals surface area contributed by atoms with E-state index < -0.39 is 6.10 Å². The van der Waals surface area contributed by atoms with E-state index in [2.05, 4.69) is 27.7 Å². The average molecular weight is 990 g/mol. The van der Waals surface area contributed by atoms with E-state index in [0.717, 1.165) is 63.7 Å². The molecule has 0 aromatic carbocycles. The summed E-state index contributed by atoms with van der Waals surface area (Å²) in [6.07, 6.45) is 65.3. The van der Waals surface area contributed by atoms with Crippen LogP contribution in [-0.4, -0.2) is 37.2 Å². The summed E-state index contributed by atoms with van der Waals surface area (Å²) < 4.78 is 17.0. The van der Waals surface area contributed by atoms with Crippen LogP contribution in [0.2, 0.25) is 0 Å². The minimum atomic E-state index is -0.763. The molecule has 0 aliphatic rings. The molecule has 416 valence electrons. The van der Waals surface area contributed by atoms with Crippen molar-refractivity contribution in [3.8, 4) is 0 Å². The summed E-state index contributed by atoms with van der Waals surface area (Å²) >= 11 is 0. The first-order chi connectivity index (χ1) is 34.4. The molecule has 0 bridgehead atoms. The van der Waals surface area contributed by atoms with Gasteiger partial charge >= 0.3 is 17.9 Å². The van der Waals surface area contributed by atoms with Crippen LogP contribution in [0.1, 0.15) is 368 Å². The van der Waals surface area contributed by atoms with E-state index in [1.807, 2.05) is 0 Å². The first kappa shape index (κ1) is 68.4.